The van der Waals surface area contributed by atoms with Crippen molar-refractivity contribution in [3.8, 4) is 0 Å². The minimum atomic E-state index is -1.59. The van der Waals surface area contributed by atoms with Gasteiger partial charge in [0, 0.05) is 11.1 Å². The largest absolute Gasteiger partial charge is 0.478 e. The molecule has 36 heavy (non-hydrogen) atoms. The van der Waals surface area contributed by atoms with Gasteiger partial charge in [0.25, 0.3) is 0 Å². The normalized spacial score (nSPS) is 11.5. The molecule has 2 N–H and O–H groups in total. The second kappa shape index (κ2) is 10.7. The molecule has 0 aliphatic carbocycles. The molecule has 0 fully saturated rings. The number of benzene rings is 2. The molecule has 0 aromatic heterocycles. The number of aromatic carboxylic acids is 2. The van der Waals surface area contributed by atoms with Gasteiger partial charge in [-0.05, 0) is 65.8 Å². The molecule has 0 heterocycles. The van der Waals surface area contributed by atoms with Crippen LogP contribution in [0.15, 0.2) is 36.4 Å². The van der Waals surface area contributed by atoms with Crippen LogP contribution < -0.4 is 0 Å². The predicted molar refractivity (Wildman–Crippen MR) is 123 cm³/mol. The third-order valence-electron chi connectivity index (χ3n) is 4.22. The van der Waals surface area contributed by atoms with Gasteiger partial charge in [0.05, 0.1) is 22.3 Å². The number of carbonyl (C=O) groups is 5. The Labute approximate surface area is 206 Å². The molecule has 0 unspecified atom stereocenters. The molecule has 2 aromatic carbocycles. The average molecular weight is 502 g/mol. The van der Waals surface area contributed by atoms with E-state index in [4.69, 9.17) is 24.7 Å². The molecule has 0 amide bonds. The van der Waals surface area contributed by atoms with Gasteiger partial charge in [0.1, 0.15) is 11.2 Å². The van der Waals surface area contributed by atoms with Crippen LogP contribution in [-0.2, 0) is 19.6 Å². The SMILES string of the molecule is CC(C)(C)OOC(=O)c1c(C(=O)O)ccc(C(=O)c2ccc(C(=O)O)cc2)c1C(=O)OOC(C)(C)C. The summed E-state index contributed by atoms with van der Waals surface area (Å²) in [6, 6.07) is 6.75. The van der Waals surface area contributed by atoms with E-state index >= 15 is 0 Å². The maximum Gasteiger partial charge on any atom is 0.374 e. The van der Waals surface area contributed by atoms with Crippen LogP contribution in [0.4, 0.5) is 0 Å². The summed E-state index contributed by atoms with van der Waals surface area (Å²) >= 11 is 0. The quantitative estimate of drug-likeness (QED) is 0.304. The molecule has 0 bridgehead atoms. The summed E-state index contributed by atoms with van der Waals surface area (Å²) in [6.45, 7) is 9.38. The summed E-state index contributed by atoms with van der Waals surface area (Å²) in [5, 5.41) is 18.7. The van der Waals surface area contributed by atoms with E-state index in [1.54, 1.807) is 41.5 Å². The smallest absolute Gasteiger partial charge is 0.374 e. The molecule has 0 radical (unpaired) electrons. The van der Waals surface area contributed by atoms with Crippen LogP contribution in [0.5, 0.6) is 0 Å². The van der Waals surface area contributed by atoms with Crippen molar-refractivity contribution in [1.82, 2.24) is 0 Å². The molecule has 0 saturated carbocycles. The van der Waals surface area contributed by atoms with Gasteiger partial charge in [-0.3, -0.25) is 14.6 Å². The van der Waals surface area contributed by atoms with Gasteiger partial charge in [-0.15, -0.1) is 0 Å². The highest BCUT2D eigenvalue weighted by atomic mass is 17.2. The molecule has 0 aliphatic heterocycles. The molecule has 2 aromatic rings. The number of ketones is 1. The molecule has 11 nitrogen and oxygen atoms in total. The first-order valence-corrected chi connectivity index (χ1v) is 10.6. The van der Waals surface area contributed by atoms with E-state index in [2.05, 4.69) is 0 Å². The third kappa shape index (κ3) is 7.20. The summed E-state index contributed by atoms with van der Waals surface area (Å²) < 4.78 is 0. The monoisotopic (exact) mass is 502 g/mol. The van der Waals surface area contributed by atoms with E-state index in [0.29, 0.717) is 0 Å². The van der Waals surface area contributed by atoms with Crippen molar-refractivity contribution in [2.24, 2.45) is 0 Å². The molecular weight excluding hydrogens is 476 g/mol. The Morgan fingerprint density at radius 1 is 0.583 bits per heavy atom. The summed E-state index contributed by atoms with van der Waals surface area (Å²) in [7, 11) is 0. The number of rotatable bonds is 8. The topological polar surface area (TPSA) is 163 Å². The maximum atomic E-state index is 13.3. The zero-order valence-corrected chi connectivity index (χ0v) is 20.5. The zero-order chi connectivity index (χ0) is 27.4. The first-order chi connectivity index (χ1) is 16.5. The zero-order valence-electron chi connectivity index (χ0n) is 20.5. The van der Waals surface area contributed by atoms with E-state index in [-0.39, 0.29) is 11.1 Å². The Morgan fingerprint density at radius 3 is 1.36 bits per heavy atom. The van der Waals surface area contributed by atoms with E-state index in [0.717, 1.165) is 12.1 Å². The van der Waals surface area contributed by atoms with E-state index in [1.807, 2.05) is 0 Å². The van der Waals surface area contributed by atoms with Crippen molar-refractivity contribution in [3.63, 3.8) is 0 Å². The highest BCUT2D eigenvalue weighted by Gasteiger charge is 2.34. The second-order valence-corrected chi connectivity index (χ2v) is 9.56. The van der Waals surface area contributed by atoms with Crippen LogP contribution in [0.3, 0.4) is 0 Å². The Hall–Kier alpha value is -4.09. The Bertz CT molecular complexity index is 1200. The lowest BCUT2D eigenvalue weighted by Crippen LogP contribution is -2.27. The first kappa shape index (κ1) is 28.1. The fraction of sp³-hybridized carbons (Fsp3) is 0.320. The lowest BCUT2D eigenvalue weighted by molar-refractivity contribution is -0.302. The molecule has 192 valence electrons. The number of carbonyl (C=O) groups excluding carboxylic acids is 3. The lowest BCUT2D eigenvalue weighted by Gasteiger charge is -2.20. The van der Waals surface area contributed by atoms with Crippen molar-refractivity contribution in [2.45, 2.75) is 52.7 Å². The van der Waals surface area contributed by atoms with Gasteiger partial charge in [-0.25, -0.2) is 19.2 Å². The summed E-state index contributed by atoms with van der Waals surface area (Å²) in [4.78, 5) is 81.9. The molecule has 0 saturated heterocycles. The summed E-state index contributed by atoms with van der Waals surface area (Å²) in [5.41, 5.74) is -4.67. The first-order valence-electron chi connectivity index (χ1n) is 10.6. The average Bonchev–Trinajstić information content (AvgIpc) is 2.78. The van der Waals surface area contributed by atoms with Crippen molar-refractivity contribution < 1.29 is 53.7 Å². The van der Waals surface area contributed by atoms with Gasteiger partial charge in [-0.2, -0.15) is 9.78 Å². The summed E-state index contributed by atoms with van der Waals surface area (Å²) in [5.74, 6) is -6.32. The molecule has 2 rings (SSSR count). The van der Waals surface area contributed by atoms with Gasteiger partial charge < -0.3 is 10.2 Å². The second-order valence-electron chi connectivity index (χ2n) is 9.56. The van der Waals surface area contributed by atoms with Crippen molar-refractivity contribution in [2.75, 3.05) is 0 Å². The van der Waals surface area contributed by atoms with Gasteiger partial charge in [0.2, 0.25) is 0 Å². The molecule has 0 atom stereocenters. The van der Waals surface area contributed by atoms with E-state index in [1.165, 1.54) is 24.3 Å². The molecule has 11 heteroatoms. The molecular formula is C25H26O11. The molecule has 0 spiro atoms. The van der Waals surface area contributed by atoms with Crippen LogP contribution in [0.1, 0.15) is 98.9 Å². The van der Waals surface area contributed by atoms with E-state index in [9.17, 15) is 29.1 Å². The van der Waals surface area contributed by atoms with Gasteiger partial charge >= 0.3 is 23.9 Å². The number of carboxylic acids is 2. The fourth-order valence-corrected chi connectivity index (χ4v) is 2.72. The third-order valence-corrected chi connectivity index (χ3v) is 4.22. The van der Waals surface area contributed by atoms with Crippen LogP contribution in [0.25, 0.3) is 0 Å². The lowest BCUT2D eigenvalue weighted by atomic mass is 9.91. The fourth-order valence-electron chi connectivity index (χ4n) is 2.72. The van der Waals surface area contributed by atoms with Crippen LogP contribution >= 0.6 is 0 Å². The highest BCUT2D eigenvalue weighted by Crippen LogP contribution is 2.26. The number of hydrogen-bond donors (Lipinski definition) is 2. The predicted octanol–water partition coefficient (Wildman–Crippen LogP) is 4.09. The van der Waals surface area contributed by atoms with Gasteiger partial charge in [-0.1, -0.05) is 12.1 Å². The minimum absolute atomic E-state index is 0.0425. The number of hydrogen-bond acceptors (Lipinski definition) is 9. The van der Waals surface area contributed by atoms with E-state index < -0.39 is 63.1 Å². The maximum absolute atomic E-state index is 13.3. The minimum Gasteiger partial charge on any atom is -0.478 e. The van der Waals surface area contributed by atoms with Crippen molar-refractivity contribution >= 4 is 29.7 Å². The highest BCUT2D eigenvalue weighted by molar-refractivity contribution is 6.19. The van der Waals surface area contributed by atoms with Gasteiger partial charge in [0.15, 0.2) is 5.78 Å². The Kier molecular flexibility index (Phi) is 8.34. The van der Waals surface area contributed by atoms with Crippen LogP contribution in [0, 0.1) is 0 Å². The number of carboxylic acid groups (broad SMARTS) is 2. The summed E-state index contributed by atoms with van der Waals surface area (Å²) in [6.07, 6.45) is 0. The standard InChI is InChI=1S/C25H26O11/c1-24(2,3)35-33-22(31)17-15(19(26)13-7-9-14(10-8-13)20(27)28)11-12-16(21(29)30)18(17)23(32)34-36-25(4,5)6/h7-12H,1-6H3,(H,27,28)(H,29,30). The van der Waals surface area contributed by atoms with Crippen LogP contribution in [0.2, 0.25) is 0 Å². The Balaban J connectivity index is 2.73. The van der Waals surface area contributed by atoms with Crippen molar-refractivity contribution in [3.05, 3.63) is 69.8 Å². The van der Waals surface area contributed by atoms with Crippen molar-refractivity contribution in [1.29, 1.82) is 0 Å². The van der Waals surface area contributed by atoms with Crippen LogP contribution in [-0.4, -0.2) is 51.1 Å². The Morgan fingerprint density at radius 2 is 0.972 bits per heavy atom. The molecule has 0 aliphatic rings.